The quantitative estimate of drug-likeness (QED) is 0.806. The van der Waals surface area contributed by atoms with E-state index in [4.69, 9.17) is 4.74 Å². The number of nitrogens with zero attached hydrogens (tertiary/aromatic N) is 1. The SMILES string of the molecule is CCOC(=O)c1cc(-c2ccccc2)sc1NC1CCN(C(C)=O)CC1. The molecular formula is C20H24N2O3S. The molecule has 0 radical (unpaired) electrons. The first-order valence-electron chi connectivity index (χ1n) is 8.97. The topological polar surface area (TPSA) is 58.6 Å². The fourth-order valence-corrected chi connectivity index (χ4v) is 4.26. The summed E-state index contributed by atoms with van der Waals surface area (Å²) in [6.45, 7) is 5.27. The third kappa shape index (κ3) is 4.25. The summed E-state index contributed by atoms with van der Waals surface area (Å²) in [5.41, 5.74) is 1.67. The van der Waals surface area contributed by atoms with Gasteiger partial charge < -0.3 is 15.0 Å². The Morgan fingerprint density at radius 1 is 1.23 bits per heavy atom. The summed E-state index contributed by atoms with van der Waals surface area (Å²) in [4.78, 5) is 26.8. The van der Waals surface area contributed by atoms with Gasteiger partial charge in [-0.05, 0) is 31.4 Å². The molecule has 1 aromatic carbocycles. The van der Waals surface area contributed by atoms with Crippen molar-refractivity contribution >= 4 is 28.2 Å². The largest absolute Gasteiger partial charge is 0.462 e. The van der Waals surface area contributed by atoms with Crippen LogP contribution < -0.4 is 5.32 Å². The molecule has 1 saturated heterocycles. The molecule has 1 N–H and O–H groups in total. The lowest BCUT2D eigenvalue weighted by Gasteiger charge is -2.32. The highest BCUT2D eigenvalue weighted by Crippen LogP contribution is 2.37. The molecule has 1 aromatic heterocycles. The molecule has 1 fully saturated rings. The van der Waals surface area contributed by atoms with Crippen molar-refractivity contribution in [3.05, 3.63) is 42.0 Å². The number of amides is 1. The fourth-order valence-electron chi connectivity index (χ4n) is 3.13. The first-order valence-corrected chi connectivity index (χ1v) is 9.78. The highest BCUT2D eigenvalue weighted by Gasteiger charge is 2.24. The molecule has 0 unspecified atom stereocenters. The average Bonchev–Trinajstić information content (AvgIpc) is 3.07. The molecule has 1 amide bonds. The molecule has 2 heterocycles. The normalized spacial score (nSPS) is 14.9. The van der Waals surface area contributed by atoms with Gasteiger partial charge in [-0.3, -0.25) is 4.79 Å². The van der Waals surface area contributed by atoms with Crippen molar-refractivity contribution in [2.24, 2.45) is 0 Å². The predicted octanol–water partition coefficient (Wildman–Crippen LogP) is 4.01. The van der Waals surface area contributed by atoms with Crippen molar-refractivity contribution in [2.45, 2.75) is 32.7 Å². The van der Waals surface area contributed by atoms with Crippen molar-refractivity contribution in [2.75, 3.05) is 25.0 Å². The zero-order valence-electron chi connectivity index (χ0n) is 15.2. The van der Waals surface area contributed by atoms with Gasteiger partial charge in [0.25, 0.3) is 0 Å². The molecule has 2 aromatic rings. The van der Waals surface area contributed by atoms with Gasteiger partial charge in [-0.2, -0.15) is 0 Å². The first kappa shape index (κ1) is 18.5. The van der Waals surface area contributed by atoms with Crippen LogP contribution >= 0.6 is 11.3 Å². The molecule has 0 aliphatic carbocycles. The van der Waals surface area contributed by atoms with Crippen LogP contribution in [0.15, 0.2) is 36.4 Å². The maximum Gasteiger partial charge on any atom is 0.341 e. The van der Waals surface area contributed by atoms with Gasteiger partial charge >= 0.3 is 5.97 Å². The van der Waals surface area contributed by atoms with Crippen LogP contribution in [-0.2, 0) is 9.53 Å². The summed E-state index contributed by atoms with van der Waals surface area (Å²) in [6.07, 6.45) is 1.75. The molecule has 0 saturated carbocycles. The fraction of sp³-hybridized carbons (Fsp3) is 0.400. The Kier molecular flexibility index (Phi) is 5.93. The second-order valence-corrected chi connectivity index (χ2v) is 7.42. The molecule has 1 aliphatic rings. The lowest BCUT2D eigenvalue weighted by atomic mass is 10.0. The van der Waals surface area contributed by atoms with Crippen LogP contribution in [0, 0.1) is 0 Å². The summed E-state index contributed by atoms with van der Waals surface area (Å²) in [5, 5.41) is 4.37. The van der Waals surface area contributed by atoms with E-state index in [1.165, 1.54) is 0 Å². The average molecular weight is 372 g/mol. The van der Waals surface area contributed by atoms with Crippen LogP contribution in [0.4, 0.5) is 5.00 Å². The van der Waals surface area contributed by atoms with Crippen LogP contribution in [0.5, 0.6) is 0 Å². The van der Waals surface area contributed by atoms with E-state index < -0.39 is 0 Å². The van der Waals surface area contributed by atoms with Gasteiger partial charge in [0.1, 0.15) is 5.00 Å². The third-order valence-corrected chi connectivity index (χ3v) is 5.68. The van der Waals surface area contributed by atoms with Crippen LogP contribution in [-0.4, -0.2) is 42.5 Å². The number of hydrogen-bond donors (Lipinski definition) is 1. The second kappa shape index (κ2) is 8.36. The van der Waals surface area contributed by atoms with Crippen molar-refractivity contribution in [3.63, 3.8) is 0 Å². The number of likely N-dealkylation sites (tertiary alicyclic amines) is 1. The molecule has 3 rings (SSSR count). The Bertz CT molecular complexity index is 765. The number of esters is 1. The highest BCUT2D eigenvalue weighted by atomic mass is 32.1. The number of thiophene rings is 1. The molecule has 5 nitrogen and oxygen atoms in total. The molecule has 138 valence electrons. The Labute approximate surface area is 158 Å². The Morgan fingerprint density at radius 2 is 1.92 bits per heavy atom. The molecule has 0 bridgehead atoms. The lowest BCUT2D eigenvalue weighted by Crippen LogP contribution is -2.41. The van der Waals surface area contributed by atoms with Crippen LogP contribution in [0.3, 0.4) is 0 Å². The van der Waals surface area contributed by atoms with E-state index in [2.05, 4.69) is 5.32 Å². The summed E-state index contributed by atoms with van der Waals surface area (Å²) < 4.78 is 5.23. The predicted molar refractivity (Wildman–Crippen MR) is 105 cm³/mol. The summed E-state index contributed by atoms with van der Waals surface area (Å²) in [6, 6.07) is 12.2. The number of anilines is 1. The number of carbonyl (C=O) groups is 2. The number of hydrogen-bond acceptors (Lipinski definition) is 5. The minimum Gasteiger partial charge on any atom is -0.462 e. The monoisotopic (exact) mass is 372 g/mol. The van der Waals surface area contributed by atoms with E-state index in [-0.39, 0.29) is 17.9 Å². The van der Waals surface area contributed by atoms with E-state index in [0.29, 0.717) is 12.2 Å². The second-order valence-electron chi connectivity index (χ2n) is 6.36. The van der Waals surface area contributed by atoms with Crippen molar-refractivity contribution in [1.82, 2.24) is 4.90 Å². The number of carbonyl (C=O) groups excluding carboxylic acids is 2. The Hall–Kier alpha value is -2.34. The Balaban J connectivity index is 1.80. The lowest BCUT2D eigenvalue weighted by molar-refractivity contribution is -0.129. The maximum absolute atomic E-state index is 12.4. The van der Waals surface area contributed by atoms with Gasteiger partial charge in [-0.1, -0.05) is 30.3 Å². The molecule has 1 aliphatic heterocycles. The molecule has 0 spiro atoms. The van der Waals surface area contributed by atoms with Crippen LogP contribution in [0.1, 0.15) is 37.0 Å². The van der Waals surface area contributed by atoms with Gasteiger partial charge in [-0.15, -0.1) is 11.3 Å². The zero-order valence-corrected chi connectivity index (χ0v) is 16.0. The van der Waals surface area contributed by atoms with Crippen LogP contribution in [0.25, 0.3) is 10.4 Å². The number of rotatable bonds is 5. The maximum atomic E-state index is 12.4. The van der Waals surface area contributed by atoms with Gasteiger partial charge in [0, 0.05) is 30.9 Å². The van der Waals surface area contributed by atoms with E-state index in [1.54, 1.807) is 18.3 Å². The van der Waals surface area contributed by atoms with Crippen molar-refractivity contribution in [1.29, 1.82) is 0 Å². The number of piperidine rings is 1. The minimum absolute atomic E-state index is 0.123. The first-order chi connectivity index (χ1) is 12.6. The van der Waals surface area contributed by atoms with Gasteiger partial charge in [0.2, 0.25) is 5.91 Å². The third-order valence-electron chi connectivity index (χ3n) is 4.56. The van der Waals surface area contributed by atoms with Gasteiger partial charge in [-0.25, -0.2) is 4.79 Å². The molecule has 26 heavy (non-hydrogen) atoms. The molecule has 6 heteroatoms. The standard InChI is InChI=1S/C20H24N2O3S/c1-3-25-20(24)17-13-18(15-7-5-4-6-8-15)26-19(17)21-16-9-11-22(12-10-16)14(2)23/h4-8,13,16,21H,3,9-12H2,1-2H3. The number of ether oxygens (including phenoxy) is 1. The number of benzene rings is 1. The van der Waals surface area contributed by atoms with Gasteiger partial charge in [0.15, 0.2) is 0 Å². The smallest absolute Gasteiger partial charge is 0.341 e. The number of nitrogens with one attached hydrogen (secondary N) is 1. The Morgan fingerprint density at radius 3 is 2.54 bits per heavy atom. The van der Waals surface area contributed by atoms with E-state index in [1.807, 2.05) is 48.2 Å². The zero-order chi connectivity index (χ0) is 18.5. The molecular weight excluding hydrogens is 348 g/mol. The minimum atomic E-state index is -0.297. The van der Waals surface area contributed by atoms with E-state index >= 15 is 0 Å². The van der Waals surface area contributed by atoms with E-state index in [9.17, 15) is 9.59 Å². The summed E-state index contributed by atoms with van der Waals surface area (Å²) >= 11 is 1.58. The van der Waals surface area contributed by atoms with E-state index in [0.717, 1.165) is 41.4 Å². The van der Waals surface area contributed by atoms with Crippen LogP contribution in [0.2, 0.25) is 0 Å². The summed E-state index contributed by atoms with van der Waals surface area (Å²) in [5.74, 6) is -0.173. The van der Waals surface area contributed by atoms with Gasteiger partial charge in [0.05, 0.1) is 12.2 Å². The molecule has 0 atom stereocenters. The van der Waals surface area contributed by atoms with Crippen molar-refractivity contribution in [3.8, 4) is 10.4 Å². The highest BCUT2D eigenvalue weighted by molar-refractivity contribution is 7.19. The summed E-state index contributed by atoms with van der Waals surface area (Å²) in [7, 11) is 0. The van der Waals surface area contributed by atoms with Crippen molar-refractivity contribution < 1.29 is 14.3 Å².